The third-order valence-corrected chi connectivity index (χ3v) is 3.63. The highest BCUT2D eigenvalue weighted by atomic mass is 32.1. The van der Waals surface area contributed by atoms with Gasteiger partial charge in [-0.3, -0.25) is 4.68 Å². The lowest BCUT2D eigenvalue weighted by atomic mass is 10.2. The zero-order chi connectivity index (χ0) is 10.8. The number of hydrogen-bond donors (Lipinski definition) is 1. The van der Waals surface area contributed by atoms with Crippen molar-refractivity contribution >= 4 is 17.0 Å². The number of thiophene rings is 1. The lowest BCUT2D eigenvalue weighted by molar-refractivity contribution is 0.739. The minimum absolute atomic E-state index is 0.341. The smallest absolute Gasteiger partial charge is 0.0761 e. The molecule has 0 aliphatic carbocycles. The fourth-order valence-electron chi connectivity index (χ4n) is 1.48. The summed E-state index contributed by atoms with van der Waals surface area (Å²) < 4.78 is 1.88. The Morgan fingerprint density at radius 3 is 2.87 bits per heavy atom. The molecular weight excluding hydrogens is 206 g/mol. The second kappa shape index (κ2) is 4.06. The van der Waals surface area contributed by atoms with Gasteiger partial charge >= 0.3 is 0 Å². The van der Waals surface area contributed by atoms with Crippen molar-refractivity contribution in [2.75, 3.05) is 5.32 Å². The Labute approximate surface area is 93.7 Å². The average Bonchev–Trinajstić information content (AvgIpc) is 2.83. The summed E-state index contributed by atoms with van der Waals surface area (Å²) in [5.41, 5.74) is 2.27. The molecule has 2 rings (SSSR count). The Kier molecular flexibility index (Phi) is 2.77. The molecule has 1 atom stereocenters. The second-order valence-corrected chi connectivity index (χ2v) is 4.63. The number of anilines is 1. The third-order valence-electron chi connectivity index (χ3n) is 2.58. The molecule has 0 spiro atoms. The minimum atomic E-state index is 0.341. The minimum Gasteiger partial charge on any atom is -0.375 e. The van der Waals surface area contributed by atoms with Crippen LogP contribution >= 0.6 is 11.3 Å². The average molecular weight is 221 g/mol. The Bertz CT molecular complexity index is 431. The number of hydrogen-bond acceptors (Lipinski definition) is 3. The Morgan fingerprint density at radius 1 is 1.53 bits per heavy atom. The largest absolute Gasteiger partial charge is 0.375 e. The van der Waals surface area contributed by atoms with Gasteiger partial charge in [0, 0.05) is 11.9 Å². The summed E-state index contributed by atoms with van der Waals surface area (Å²) in [5.74, 6) is 0. The first-order valence-electron chi connectivity index (χ1n) is 4.97. The first-order chi connectivity index (χ1) is 7.18. The molecule has 3 nitrogen and oxygen atoms in total. The molecule has 4 heteroatoms. The van der Waals surface area contributed by atoms with E-state index >= 15 is 0 Å². The van der Waals surface area contributed by atoms with Crippen LogP contribution in [0.25, 0.3) is 0 Å². The molecule has 0 bridgehead atoms. The van der Waals surface area contributed by atoms with Gasteiger partial charge in [0.25, 0.3) is 0 Å². The van der Waals surface area contributed by atoms with Crippen LogP contribution < -0.4 is 5.32 Å². The molecule has 0 radical (unpaired) electrons. The van der Waals surface area contributed by atoms with Crippen LogP contribution in [0.2, 0.25) is 0 Å². The Hall–Kier alpha value is -1.29. The molecule has 0 amide bonds. The van der Waals surface area contributed by atoms with Gasteiger partial charge in [0.05, 0.1) is 23.6 Å². The maximum atomic E-state index is 4.21. The van der Waals surface area contributed by atoms with Gasteiger partial charge in [0.1, 0.15) is 0 Å². The van der Waals surface area contributed by atoms with Crippen LogP contribution in [-0.2, 0) is 7.05 Å². The van der Waals surface area contributed by atoms with E-state index in [9.17, 15) is 0 Å². The molecule has 0 aliphatic rings. The SMILES string of the molecule is Cc1c(NC(C)c2cccs2)cnn1C. The van der Waals surface area contributed by atoms with Crippen LogP contribution in [0.1, 0.15) is 23.5 Å². The Morgan fingerprint density at radius 2 is 2.33 bits per heavy atom. The molecule has 1 N–H and O–H groups in total. The molecule has 0 saturated heterocycles. The number of aromatic nitrogens is 2. The van der Waals surface area contributed by atoms with Gasteiger partial charge in [-0.25, -0.2) is 0 Å². The molecule has 1 unspecified atom stereocenters. The molecule has 2 aromatic heterocycles. The van der Waals surface area contributed by atoms with Crippen molar-refractivity contribution in [3.05, 3.63) is 34.3 Å². The highest BCUT2D eigenvalue weighted by Crippen LogP contribution is 2.24. The van der Waals surface area contributed by atoms with Crippen molar-refractivity contribution in [2.24, 2.45) is 7.05 Å². The van der Waals surface area contributed by atoms with Crippen LogP contribution in [0.5, 0.6) is 0 Å². The van der Waals surface area contributed by atoms with Crippen molar-refractivity contribution in [3.63, 3.8) is 0 Å². The molecule has 0 aromatic carbocycles. The van der Waals surface area contributed by atoms with E-state index in [-0.39, 0.29) is 0 Å². The summed E-state index contributed by atoms with van der Waals surface area (Å²) in [6.07, 6.45) is 1.87. The van der Waals surface area contributed by atoms with Gasteiger partial charge in [-0.05, 0) is 25.3 Å². The van der Waals surface area contributed by atoms with Crippen molar-refractivity contribution in [2.45, 2.75) is 19.9 Å². The Balaban J connectivity index is 2.12. The second-order valence-electron chi connectivity index (χ2n) is 3.65. The quantitative estimate of drug-likeness (QED) is 0.863. The van der Waals surface area contributed by atoms with Crippen LogP contribution in [0.3, 0.4) is 0 Å². The highest BCUT2D eigenvalue weighted by molar-refractivity contribution is 7.10. The molecule has 2 aromatic rings. The topological polar surface area (TPSA) is 29.9 Å². The summed E-state index contributed by atoms with van der Waals surface area (Å²) in [7, 11) is 1.95. The van der Waals surface area contributed by atoms with Crippen molar-refractivity contribution in [1.82, 2.24) is 9.78 Å². The lowest BCUT2D eigenvalue weighted by Gasteiger charge is -2.12. The number of rotatable bonds is 3. The van der Waals surface area contributed by atoms with Gasteiger partial charge in [0.15, 0.2) is 0 Å². The molecular formula is C11H15N3S. The summed E-state index contributed by atoms with van der Waals surface area (Å²) in [6, 6.07) is 4.57. The first-order valence-corrected chi connectivity index (χ1v) is 5.85. The molecule has 0 fully saturated rings. The number of aryl methyl sites for hydroxylation is 1. The lowest BCUT2D eigenvalue weighted by Crippen LogP contribution is -2.05. The fraction of sp³-hybridized carbons (Fsp3) is 0.364. The van der Waals surface area contributed by atoms with Crippen molar-refractivity contribution in [1.29, 1.82) is 0 Å². The standard InChI is InChI=1S/C11H15N3S/c1-8(11-5-4-6-15-11)13-10-7-12-14(3)9(10)2/h4-8,13H,1-3H3. The monoisotopic (exact) mass is 221 g/mol. The zero-order valence-electron chi connectivity index (χ0n) is 9.19. The summed E-state index contributed by atoms with van der Waals surface area (Å²) >= 11 is 1.77. The van der Waals surface area contributed by atoms with Gasteiger partial charge in [-0.1, -0.05) is 6.07 Å². The van der Waals surface area contributed by atoms with E-state index < -0.39 is 0 Å². The van der Waals surface area contributed by atoms with E-state index in [2.05, 4.69) is 41.8 Å². The van der Waals surface area contributed by atoms with E-state index in [4.69, 9.17) is 0 Å². The predicted molar refractivity (Wildman–Crippen MR) is 64.3 cm³/mol. The molecule has 0 aliphatic heterocycles. The van der Waals surface area contributed by atoms with E-state index in [1.807, 2.05) is 17.9 Å². The summed E-state index contributed by atoms with van der Waals surface area (Å²) in [6.45, 7) is 4.23. The van der Waals surface area contributed by atoms with Crippen LogP contribution in [-0.4, -0.2) is 9.78 Å². The van der Waals surface area contributed by atoms with Crippen LogP contribution in [0.4, 0.5) is 5.69 Å². The van der Waals surface area contributed by atoms with Gasteiger partial charge in [-0.15, -0.1) is 11.3 Å². The molecule has 80 valence electrons. The van der Waals surface area contributed by atoms with E-state index in [1.165, 1.54) is 10.6 Å². The van der Waals surface area contributed by atoms with Gasteiger partial charge < -0.3 is 5.32 Å². The number of nitrogens with zero attached hydrogens (tertiary/aromatic N) is 2. The normalized spacial score (nSPS) is 12.7. The van der Waals surface area contributed by atoms with Gasteiger partial charge in [0.2, 0.25) is 0 Å². The first kappa shape index (κ1) is 10.2. The van der Waals surface area contributed by atoms with E-state index in [0.717, 1.165) is 5.69 Å². The third kappa shape index (κ3) is 2.04. The summed E-state index contributed by atoms with van der Waals surface area (Å²) in [5, 5.41) is 9.77. The maximum Gasteiger partial charge on any atom is 0.0761 e. The zero-order valence-corrected chi connectivity index (χ0v) is 10.0. The fourth-order valence-corrected chi connectivity index (χ4v) is 2.22. The number of nitrogens with one attached hydrogen (secondary N) is 1. The molecule has 15 heavy (non-hydrogen) atoms. The van der Waals surface area contributed by atoms with Crippen LogP contribution in [0, 0.1) is 6.92 Å². The van der Waals surface area contributed by atoms with E-state index in [0.29, 0.717) is 6.04 Å². The van der Waals surface area contributed by atoms with Gasteiger partial charge in [-0.2, -0.15) is 5.10 Å². The van der Waals surface area contributed by atoms with Crippen molar-refractivity contribution < 1.29 is 0 Å². The summed E-state index contributed by atoms with van der Waals surface area (Å²) in [4.78, 5) is 1.35. The van der Waals surface area contributed by atoms with E-state index in [1.54, 1.807) is 11.3 Å². The highest BCUT2D eigenvalue weighted by Gasteiger charge is 2.09. The maximum absolute atomic E-state index is 4.21. The molecule has 2 heterocycles. The molecule has 0 saturated carbocycles. The van der Waals surface area contributed by atoms with Crippen LogP contribution in [0.15, 0.2) is 23.7 Å². The van der Waals surface area contributed by atoms with Crippen molar-refractivity contribution in [3.8, 4) is 0 Å². The predicted octanol–water partition coefficient (Wildman–Crippen LogP) is 2.96.